The number of carbonyl (C=O) groups excluding carboxylic acids is 1. The Labute approximate surface area is 181 Å². The molecule has 0 saturated carbocycles. The highest BCUT2D eigenvalue weighted by Gasteiger charge is 2.19. The van der Waals surface area contributed by atoms with E-state index in [1.807, 2.05) is 31.2 Å². The molecule has 2 aromatic heterocycles. The van der Waals surface area contributed by atoms with Crippen molar-refractivity contribution in [3.63, 3.8) is 0 Å². The molecule has 30 heavy (non-hydrogen) atoms. The Kier molecular flexibility index (Phi) is 5.50. The van der Waals surface area contributed by atoms with E-state index < -0.39 is 0 Å². The van der Waals surface area contributed by atoms with Crippen LogP contribution in [0.1, 0.15) is 27.3 Å². The van der Waals surface area contributed by atoms with E-state index in [9.17, 15) is 9.18 Å². The molecular formula is C22H19BrFN5O. The van der Waals surface area contributed by atoms with Crippen molar-refractivity contribution < 1.29 is 9.18 Å². The first kappa shape index (κ1) is 20.0. The third-order valence-corrected chi connectivity index (χ3v) is 5.37. The van der Waals surface area contributed by atoms with Crippen molar-refractivity contribution in [3.8, 4) is 11.4 Å². The zero-order valence-electron chi connectivity index (χ0n) is 16.4. The Bertz CT molecular complexity index is 1200. The van der Waals surface area contributed by atoms with Gasteiger partial charge in [-0.05, 0) is 55.8 Å². The second kappa shape index (κ2) is 8.23. The molecule has 0 radical (unpaired) electrons. The maximum absolute atomic E-state index is 14.4. The van der Waals surface area contributed by atoms with Gasteiger partial charge in [-0.3, -0.25) is 4.79 Å². The summed E-state index contributed by atoms with van der Waals surface area (Å²) >= 11 is 3.42. The predicted molar refractivity (Wildman–Crippen MR) is 115 cm³/mol. The number of hydrogen-bond acceptors (Lipinski definition) is 3. The van der Waals surface area contributed by atoms with E-state index in [1.165, 1.54) is 12.4 Å². The van der Waals surface area contributed by atoms with Gasteiger partial charge in [0.05, 0.1) is 34.7 Å². The van der Waals surface area contributed by atoms with Crippen molar-refractivity contribution in [2.45, 2.75) is 20.4 Å². The van der Waals surface area contributed by atoms with Crippen molar-refractivity contribution in [1.82, 2.24) is 24.6 Å². The molecule has 0 aliphatic heterocycles. The monoisotopic (exact) mass is 467 g/mol. The van der Waals surface area contributed by atoms with Crippen LogP contribution in [0.5, 0.6) is 0 Å². The lowest BCUT2D eigenvalue weighted by Crippen LogP contribution is -2.24. The maximum Gasteiger partial charge on any atom is 0.255 e. The molecule has 0 fully saturated rings. The largest absolute Gasteiger partial charge is 0.348 e. The Balaban J connectivity index is 1.51. The second-order valence-corrected chi connectivity index (χ2v) is 7.79. The zero-order chi connectivity index (χ0) is 21.3. The molecule has 0 aliphatic carbocycles. The number of amides is 1. The number of imidazole rings is 1. The molecule has 0 saturated heterocycles. The van der Waals surface area contributed by atoms with Crippen molar-refractivity contribution in [2.24, 2.45) is 0 Å². The molecule has 0 atom stereocenters. The molecule has 4 rings (SSSR count). The minimum absolute atomic E-state index is 0.211. The lowest BCUT2D eigenvalue weighted by Gasteiger charge is -2.09. The normalized spacial score (nSPS) is 10.9. The van der Waals surface area contributed by atoms with Gasteiger partial charge in [-0.25, -0.2) is 14.1 Å². The number of benzene rings is 2. The topological polar surface area (TPSA) is 64.7 Å². The van der Waals surface area contributed by atoms with E-state index in [0.717, 1.165) is 15.9 Å². The van der Waals surface area contributed by atoms with E-state index in [4.69, 9.17) is 0 Å². The zero-order valence-corrected chi connectivity index (χ0v) is 18.0. The van der Waals surface area contributed by atoms with Crippen LogP contribution in [0.4, 0.5) is 4.39 Å². The molecule has 152 valence electrons. The first-order chi connectivity index (χ1) is 14.4. The number of carbonyl (C=O) groups is 1. The molecule has 1 N–H and O–H groups in total. The van der Waals surface area contributed by atoms with Crippen LogP contribution in [0.3, 0.4) is 0 Å². The van der Waals surface area contributed by atoms with Gasteiger partial charge in [0.1, 0.15) is 5.82 Å². The highest BCUT2D eigenvalue weighted by molar-refractivity contribution is 9.10. The van der Waals surface area contributed by atoms with Crippen LogP contribution in [0.15, 0.2) is 65.7 Å². The molecule has 0 aliphatic rings. The van der Waals surface area contributed by atoms with Gasteiger partial charge in [0.15, 0.2) is 0 Å². The van der Waals surface area contributed by atoms with E-state index in [-0.39, 0.29) is 18.3 Å². The number of rotatable bonds is 5. The number of halogens is 2. The Hall–Kier alpha value is -3.26. The summed E-state index contributed by atoms with van der Waals surface area (Å²) in [5.41, 5.74) is 3.84. The smallest absolute Gasteiger partial charge is 0.255 e. The number of nitrogens with one attached hydrogen (secondary N) is 1. The SMILES string of the molecule is Cc1nn(-c2ccc(Br)cc2)c(C)c1C(=O)NCc1ccc(-n2ccnc2)c(F)c1. The minimum Gasteiger partial charge on any atom is -0.348 e. The van der Waals surface area contributed by atoms with Gasteiger partial charge in [-0.15, -0.1) is 0 Å². The summed E-state index contributed by atoms with van der Waals surface area (Å²) in [7, 11) is 0. The highest BCUT2D eigenvalue weighted by Crippen LogP contribution is 2.20. The fourth-order valence-corrected chi connectivity index (χ4v) is 3.61. The van der Waals surface area contributed by atoms with Gasteiger partial charge >= 0.3 is 0 Å². The Morgan fingerprint density at radius 3 is 2.60 bits per heavy atom. The lowest BCUT2D eigenvalue weighted by atomic mass is 10.1. The van der Waals surface area contributed by atoms with Crippen LogP contribution in [-0.4, -0.2) is 25.2 Å². The van der Waals surface area contributed by atoms with Crippen molar-refractivity contribution in [1.29, 1.82) is 0 Å². The first-order valence-electron chi connectivity index (χ1n) is 9.31. The molecular weight excluding hydrogens is 449 g/mol. The van der Waals surface area contributed by atoms with Crippen molar-refractivity contribution in [2.75, 3.05) is 0 Å². The van der Waals surface area contributed by atoms with E-state index in [0.29, 0.717) is 22.5 Å². The van der Waals surface area contributed by atoms with Gasteiger partial charge in [0.2, 0.25) is 0 Å². The standard InChI is InChI=1S/C22H19BrFN5O/c1-14-21(15(2)29(27-14)18-6-4-17(23)5-7-18)22(30)26-12-16-3-8-20(19(24)11-16)28-10-9-25-13-28/h3-11,13H,12H2,1-2H3,(H,26,30). The van der Waals surface area contributed by atoms with Gasteiger partial charge < -0.3 is 9.88 Å². The average molecular weight is 468 g/mol. The van der Waals surface area contributed by atoms with Crippen LogP contribution in [0.2, 0.25) is 0 Å². The van der Waals surface area contributed by atoms with Crippen LogP contribution >= 0.6 is 15.9 Å². The molecule has 0 unspecified atom stereocenters. The average Bonchev–Trinajstić information content (AvgIpc) is 3.35. The highest BCUT2D eigenvalue weighted by atomic mass is 79.9. The molecule has 0 bridgehead atoms. The van der Waals surface area contributed by atoms with Gasteiger partial charge in [-0.1, -0.05) is 22.0 Å². The van der Waals surface area contributed by atoms with E-state index in [1.54, 1.807) is 40.7 Å². The summed E-state index contributed by atoms with van der Waals surface area (Å²) in [6.07, 6.45) is 4.80. The molecule has 4 aromatic rings. The van der Waals surface area contributed by atoms with Gasteiger partial charge in [0, 0.05) is 23.4 Å². The summed E-state index contributed by atoms with van der Waals surface area (Å²) in [5, 5.41) is 7.38. The Morgan fingerprint density at radius 1 is 1.17 bits per heavy atom. The summed E-state index contributed by atoms with van der Waals surface area (Å²) < 4.78 is 18.7. The third kappa shape index (κ3) is 3.91. The van der Waals surface area contributed by atoms with E-state index >= 15 is 0 Å². The van der Waals surface area contributed by atoms with E-state index in [2.05, 4.69) is 31.3 Å². The fourth-order valence-electron chi connectivity index (χ4n) is 3.35. The van der Waals surface area contributed by atoms with Gasteiger partial charge in [-0.2, -0.15) is 5.10 Å². The van der Waals surface area contributed by atoms with Crippen LogP contribution in [0, 0.1) is 19.7 Å². The molecule has 0 spiro atoms. The summed E-state index contributed by atoms with van der Waals surface area (Å²) in [6.45, 7) is 3.87. The number of hydrogen-bond donors (Lipinski definition) is 1. The minimum atomic E-state index is -0.379. The maximum atomic E-state index is 14.4. The summed E-state index contributed by atoms with van der Waals surface area (Å²) in [4.78, 5) is 16.7. The number of aromatic nitrogens is 4. The van der Waals surface area contributed by atoms with Crippen LogP contribution in [-0.2, 0) is 6.54 Å². The summed E-state index contributed by atoms with van der Waals surface area (Å²) in [6, 6.07) is 12.6. The fraction of sp³-hybridized carbons (Fsp3) is 0.136. The van der Waals surface area contributed by atoms with Crippen LogP contribution in [0.25, 0.3) is 11.4 Å². The number of nitrogens with zero attached hydrogens (tertiary/aromatic N) is 4. The van der Waals surface area contributed by atoms with Crippen molar-refractivity contribution >= 4 is 21.8 Å². The van der Waals surface area contributed by atoms with Crippen molar-refractivity contribution in [3.05, 3.63) is 94.0 Å². The molecule has 2 aromatic carbocycles. The molecule has 6 nitrogen and oxygen atoms in total. The second-order valence-electron chi connectivity index (χ2n) is 6.87. The third-order valence-electron chi connectivity index (χ3n) is 4.84. The first-order valence-corrected chi connectivity index (χ1v) is 10.1. The lowest BCUT2D eigenvalue weighted by molar-refractivity contribution is 0.0949. The van der Waals surface area contributed by atoms with Crippen LogP contribution < -0.4 is 5.32 Å². The quantitative estimate of drug-likeness (QED) is 0.469. The molecule has 8 heteroatoms. The number of aryl methyl sites for hydroxylation is 1. The summed E-state index contributed by atoms with van der Waals surface area (Å²) in [5.74, 6) is -0.623. The molecule has 2 heterocycles. The van der Waals surface area contributed by atoms with Gasteiger partial charge in [0.25, 0.3) is 5.91 Å². The predicted octanol–water partition coefficient (Wildman–Crippen LogP) is 4.51. The molecule has 1 amide bonds. The Morgan fingerprint density at radius 2 is 1.93 bits per heavy atom.